The van der Waals surface area contributed by atoms with Crippen LogP contribution in [0.4, 0.5) is 0 Å². The van der Waals surface area contributed by atoms with E-state index in [1.54, 1.807) is 14.1 Å². The molecule has 8 N–H and O–H groups in total. The monoisotopic (exact) mass is 472 g/mol. The Labute approximate surface area is 195 Å². The topological polar surface area (TPSA) is 185 Å². The van der Waals surface area contributed by atoms with E-state index in [9.17, 15) is 40.2 Å². The molecule has 0 spiro atoms. The average molecular weight is 472 g/mol. The van der Waals surface area contributed by atoms with Gasteiger partial charge in [0.15, 0.2) is 0 Å². The number of hydrogen-bond donors (Lipinski definition) is 7. The van der Waals surface area contributed by atoms with Gasteiger partial charge in [-0.05, 0) is 35.4 Å². The molecule has 2 aromatic rings. The first-order valence-corrected chi connectivity index (χ1v) is 10.7. The van der Waals surface area contributed by atoms with E-state index in [1.165, 1.54) is 53.4 Å². The molecule has 0 aromatic heterocycles. The zero-order chi connectivity index (χ0) is 25.2. The molecule has 2 aliphatic carbocycles. The van der Waals surface area contributed by atoms with E-state index in [1.807, 2.05) is 0 Å². The Morgan fingerprint density at radius 2 is 1.47 bits per heavy atom. The van der Waals surface area contributed by atoms with Crippen LogP contribution in [0.15, 0.2) is 48.5 Å². The second-order valence-electron chi connectivity index (χ2n) is 9.28. The van der Waals surface area contributed by atoms with Crippen molar-refractivity contribution in [3.05, 3.63) is 70.8 Å². The van der Waals surface area contributed by atoms with Crippen molar-refractivity contribution < 1.29 is 40.2 Å². The number of amides is 2. The standard InChI is InChI=1S/C24H28N2O8/c1-26(2)21(31)15-9-5-13(6-10-15)18-22(32,16(28)11-27)24(34)17(19(29)23(18,24)33)12-3-7-14(8-4-12)20(25)30/h3-10,16-19,27-29,32-34H,11H2,1-2H3,(H2,25,30)/t16-,17?,18?,19?,22+,23+,24+/m1/s1. The highest BCUT2D eigenvalue weighted by Gasteiger charge is 2.93. The second-order valence-corrected chi connectivity index (χ2v) is 9.28. The molecule has 2 fully saturated rings. The van der Waals surface area contributed by atoms with Gasteiger partial charge < -0.3 is 41.3 Å². The van der Waals surface area contributed by atoms with Gasteiger partial charge in [-0.1, -0.05) is 24.3 Å². The first kappa shape index (κ1) is 24.3. The van der Waals surface area contributed by atoms with Crippen molar-refractivity contribution in [3.8, 4) is 0 Å². The molecule has 2 amide bonds. The van der Waals surface area contributed by atoms with Crippen molar-refractivity contribution in [2.24, 2.45) is 5.73 Å². The number of nitrogens with zero attached hydrogens (tertiary/aromatic N) is 1. The van der Waals surface area contributed by atoms with Crippen LogP contribution in [-0.2, 0) is 0 Å². The maximum Gasteiger partial charge on any atom is 0.253 e. The number of rotatable bonds is 6. The van der Waals surface area contributed by atoms with Crippen LogP contribution < -0.4 is 5.73 Å². The van der Waals surface area contributed by atoms with E-state index in [-0.39, 0.29) is 17.0 Å². The number of carbonyl (C=O) groups is 2. The molecular formula is C24H28N2O8. The maximum atomic E-state index is 12.2. The Hall–Kier alpha value is -2.86. The summed E-state index contributed by atoms with van der Waals surface area (Å²) >= 11 is 0. The Morgan fingerprint density at radius 1 is 0.971 bits per heavy atom. The van der Waals surface area contributed by atoms with Crippen molar-refractivity contribution in [1.82, 2.24) is 4.90 Å². The Kier molecular flexibility index (Phi) is 5.60. The van der Waals surface area contributed by atoms with Crippen LogP contribution in [0.25, 0.3) is 0 Å². The van der Waals surface area contributed by atoms with Crippen LogP contribution >= 0.6 is 0 Å². The molecule has 182 valence electrons. The van der Waals surface area contributed by atoms with E-state index in [0.29, 0.717) is 11.1 Å². The van der Waals surface area contributed by atoms with Crippen LogP contribution in [0.5, 0.6) is 0 Å². The minimum atomic E-state index is -2.45. The van der Waals surface area contributed by atoms with Crippen molar-refractivity contribution in [2.75, 3.05) is 20.7 Å². The van der Waals surface area contributed by atoms with E-state index < -0.39 is 53.4 Å². The number of benzene rings is 2. The van der Waals surface area contributed by atoms with Crippen molar-refractivity contribution in [1.29, 1.82) is 0 Å². The summed E-state index contributed by atoms with van der Waals surface area (Å²) in [5.74, 6) is -3.57. The van der Waals surface area contributed by atoms with Crippen LogP contribution in [0.3, 0.4) is 0 Å². The summed E-state index contributed by atoms with van der Waals surface area (Å²) < 4.78 is 0. The lowest BCUT2D eigenvalue weighted by Gasteiger charge is -2.80. The van der Waals surface area contributed by atoms with E-state index in [4.69, 9.17) is 5.73 Å². The molecule has 2 aromatic carbocycles. The lowest BCUT2D eigenvalue weighted by Crippen LogP contribution is -2.99. The van der Waals surface area contributed by atoms with Crippen LogP contribution in [0.1, 0.15) is 43.7 Å². The van der Waals surface area contributed by atoms with Crippen LogP contribution in [-0.4, -0.2) is 97.1 Å². The number of aliphatic hydroxyl groups excluding tert-OH is 3. The minimum absolute atomic E-state index is 0.185. The molecule has 7 atom stereocenters. The zero-order valence-electron chi connectivity index (χ0n) is 18.7. The molecule has 34 heavy (non-hydrogen) atoms. The number of carbonyl (C=O) groups excluding carboxylic acids is 2. The number of hydrogen-bond acceptors (Lipinski definition) is 8. The lowest BCUT2D eigenvalue weighted by atomic mass is 9.30. The van der Waals surface area contributed by atoms with Gasteiger partial charge in [0.25, 0.3) is 5.91 Å². The highest BCUT2D eigenvalue weighted by Crippen LogP contribution is 2.75. The average Bonchev–Trinajstić information content (AvgIpc) is 2.83. The fourth-order valence-electron chi connectivity index (χ4n) is 5.75. The molecule has 0 saturated heterocycles. The smallest absolute Gasteiger partial charge is 0.253 e. The molecule has 0 bridgehead atoms. The highest BCUT2D eigenvalue weighted by molar-refractivity contribution is 5.94. The molecule has 0 radical (unpaired) electrons. The zero-order valence-corrected chi connectivity index (χ0v) is 18.7. The molecular weight excluding hydrogens is 444 g/mol. The molecule has 2 saturated carbocycles. The van der Waals surface area contributed by atoms with Crippen molar-refractivity contribution in [3.63, 3.8) is 0 Å². The fourth-order valence-corrected chi connectivity index (χ4v) is 5.75. The molecule has 2 aliphatic rings. The predicted molar refractivity (Wildman–Crippen MR) is 119 cm³/mol. The largest absolute Gasteiger partial charge is 0.394 e. The third-order valence-electron chi connectivity index (χ3n) is 7.45. The van der Waals surface area contributed by atoms with Gasteiger partial charge in [-0.25, -0.2) is 0 Å². The normalized spacial score (nSPS) is 34.9. The van der Waals surface area contributed by atoms with E-state index in [0.717, 1.165) is 0 Å². The number of primary amides is 1. The summed E-state index contributed by atoms with van der Waals surface area (Å²) in [6.45, 7) is -0.925. The van der Waals surface area contributed by atoms with Gasteiger partial charge in [0, 0.05) is 31.1 Å². The third-order valence-corrected chi connectivity index (χ3v) is 7.45. The molecule has 10 heteroatoms. The summed E-state index contributed by atoms with van der Waals surface area (Å²) in [6, 6.07) is 11.4. The Balaban J connectivity index is 1.77. The van der Waals surface area contributed by atoms with Gasteiger partial charge in [0.2, 0.25) is 5.91 Å². The summed E-state index contributed by atoms with van der Waals surface area (Å²) in [5, 5.41) is 65.8. The Morgan fingerprint density at radius 3 is 1.94 bits per heavy atom. The molecule has 0 aliphatic heterocycles. The van der Waals surface area contributed by atoms with E-state index >= 15 is 0 Å². The maximum absolute atomic E-state index is 12.2. The number of aliphatic hydroxyl groups is 6. The quantitative estimate of drug-likeness (QED) is 0.259. The Bertz CT molecular complexity index is 1120. The summed E-state index contributed by atoms with van der Waals surface area (Å²) in [5.41, 5.74) is -0.838. The van der Waals surface area contributed by atoms with Gasteiger partial charge in [-0.3, -0.25) is 9.59 Å². The lowest BCUT2D eigenvalue weighted by molar-refractivity contribution is -0.459. The van der Waals surface area contributed by atoms with E-state index in [2.05, 4.69) is 0 Å². The van der Waals surface area contributed by atoms with Gasteiger partial charge in [0.05, 0.1) is 18.6 Å². The molecule has 0 heterocycles. The SMILES string of the molecule is CN(C)C(=O)c1ccc(C2[C@]3(O)C(O)C(c4ccc(C(N)=O)cc4)[C@]3(O)[C@]2(O)[C@H](O)CO)cc1. The summed E-state index contributed by atoms with van der Waals surface area (Å²) in [6.07, 6.45) is -3.43. The number of nitrogens with two attached hydrogens (primary N) is 1. The third kappa shape index (κ3) is 2.78. The van der Waals surface area contributed by atoms with Gasteiger partial charge in [-0.15, -0.1) is 0 Å². The first-order chi connectivity index (χ1) is 15.9. The molecule has 10 nitrogen and oxygen atoms in total. The minimum Gasteiger partial charge on any atom is -0.394 e. The van der Waals surface area contributed by atoms with Gasteiger partial charge in [0.1, 0.15) is 22.9 Å². The fraction of sp³-hybridized carbons (Fsp3) is 0.417. The second kappa shape index (κ2) is 7.84. The predicted octanol–water partition coefficient (Wildman–Crippen LogP) is -1.71. The molecule has 4 rings (SSSR count). The summed E-state index contributed by atoms with van der Waals surface area (Å²) in [7, 11) is 3.17. The van der Waals surface area contributed by atoms with Gasteiger partial charge >= 0.3 is 0 Å². The molecule has 3 unspecified atom stereocenters. The van der Waals surface area contributed by atoms with Crippen LogP contribution in [0.2, 0.25) is 0 Å². The first-order valence-electron chi connectivity index (χ1n) is 10.7. The highest BCUT2D eigenvalue weighted by atomic mass is 16.5. The van der Waals surface area contributed by atoms with Crippen LogP contribution in [0, 0.1) is 0 Å². The summed E-state index contributed by atoms with van der Waals surface area (Å²) in [4.78, 5) is 24.9. The number of fused-ring (bicyclic) bond motifs is 1. The van der Waals surface area contributed by atoms with Crippen molar-refractivity contribution >= 4 is 11.8 Å². The van der Waals surface area contributed by atoms with Gasteiger partial charge in [-0.2, -0.15) is 0 Å². The van der Waals surface area contributed by atoms with Crippen molar-refractivity contribution in [2.45, 2.75) is 40.8 Å².